The molecule has 0 aliphatic rings. The largest absolute Gasteiger partial charge is 0.496 e. The molecule has 0 aromatic heterocycles. The van der Waals surface area contributed by atoms with E-state index in [9.17, 15) is 0 Å². The van der Waals surface area contributed by atoms with Crippen LogP contribution in [0.1, 0.15) is 34.1 Å². The van der Waals surface area contributed by atoms with Crippen LogP contribution in [-0.2, 0) is 4.74 Å². The summed E-state index contributed by atoms with van der Waals surface area (Å²) in [7, 11) is 0. The third kappa shape index (κ3) is 7.54. The summed E-state index contributed by atoms with van der Waals surface area (Å²) in [5.41, 5.74) is -0.0360. The Morgan fingerprint density at radius 3 is 2.22 bits per heavy atom. The van der Waals surface area contributed by atoms with Crippen molar-refractivity contribution in [3.8, 4) is 0 Å². The topological polar surface area (TPSA) is 9.23 Å². The monoisotopic (exact) mass is 128 g/mol. The van der Waals surface area contributed by atoms with E-state index < -0.39 is 0 Å². The Hall–Kier alpha value is -0.460. The molecule has 0 amide bonds. The van der Waals surface area contributed by atoms with Crippen LogP contribution in [0.3, 0.4) is 0 Å². The van der Waals surface area contributed by atoms with E-state index in [0.717, 1.165) is 6.42 Å². The second-order valence-corrected chi connectivity index (χ2v) is 3.01. The van der Waals surface area contributed by atoms with Gasteiger partial charge in [0, 0.05) is 0 Å². The molecule has 0 aliphatic heterocycles. The van der Waals surface area contributed by atoms with Crippen LogP contribution in [0.2, 0.25) is 0 Å². The first-order valence-corrected chi connectivity index (χ1v) is 3.39. The Morgan fingerprint density at radius 2 is 1.89 bits per heavy atom. The number of hydrogen-bond donors (Lipinski definition) is 0. The van der Waals surface area contributed by atoms with Crippen LogP contribution in [0.15, 0.2) is 12.3 Å². The highest BCUT2D eigenvalue weighted by Gasteiger charge is 2.06. The molecule has 0 bridgehead atoms. The Morgan fingerprint density at radius 1 is 1.33 bits per heavy atom. The molecule has 0 rings (SSSR count). The summed E-state index contributed by atoms with van der Waals surface area (Å²) in [5.74, 6) is 0. The van der Waals surface area contributed by atoms with Gasteiger partial charge in [-0.25, -0.2) is 0 Å². The van der Waals surface area contributed by atoms with Gasteiger partial charge in [-0.2, -0.15) is 0 Å². The molecular formula is C8H16O. The molecule has 0 aromatic carbocycles. The van der Waals surface area contributed by atoms with Crippen molar-refractivity contribution < 1.29 is 4.74 Å². The molecule has 0 radical (unpaired) electrons. The van der Waals surface area contributed by atoms with Crippen molar-refractivity contribution in [2.75, 3.05) is 0 Å². The predicted octanol–water partition coefficient (Wildman–Crippen LogP) is 2.73. The van der Waals surface area contributed by atoms with Gasteiger partial charge in [0.1, 0.15) is 0 Å². The first-order chi connectivity index (χ1) is 4.06. The van der Waals surface area contributed by atoms with Gasteiger partial charge in [-0.15, -0.1) is 0 Å². The van der Waals surface area contributed by atoms with Gasteiger partial charge in [-0.1, -0.05) is 13.0 Å². The van der Waals surface area contributed by atoms with E-state index in [1.165, 1.54) is 0 Å². The first-order valence-electron chi connectivity index (χ1n) is 3.39. The predicted molar refractivity (Wildman–Crippen MR) is 40.3 cm³/mol. The molecular weight excluding hydrogens is 112 g/mol. The second-order valence-electron chi connectivity index (χ2n) is 3.01. The van der Waals surface area contributed by atoms with Gasteiger partial charge < -0.3 is 4.74 Å². The van der Waals surface area contributed by atoms with E-state index >= 15 is 0 Å². The van der Waals surface area contributed by atoms with Crippen molar-refractivity contribution >= 4 is 0 Å². The maximum absolute atomic E-state index is 5.29. The van der Waals surface area contributed by atoms with Crippen molar-refractivity contribution in [1.29, 1.82) is 0 Å². The maximum atomic E-state index is 5.29. The molecule has 0 N–H and O–H groups in total. The summed E-state index contributed by atoms with van der Waals surface area (Å²) in [6.07, 6.45) is 4.81. The minimum atomic E-state index is -0.0360. The number of ether oxygens (including phenoxy) is 1. The molecule has 0 saturated carbocycles. The van der Waals surface area contributed by atoms with Crippen molar-refractivity contribution in [3.63, 3.8) is 0 Å². The van der Waals surface area contributed by atoms with Crippen LogP contribution in [0.25, 0.3) is 0 Å². The smallest absolute Gasteiger partial charge is 0.0998 e. The summed E-state index contributed by atoms with van der Waals surface area (Å²) in [4.78, 5) is 0. The van der Waals surface area contributed by atoms with Crippen molar-refractivity contribution in [2.45, 2.75) is 39.7 Å². The fourth-order valence-electron chi connectivity index (χ4n) is 0.348. The Balaban J connectivity index is 3.38. The SMILES string of the molecule is CC/C=C/OC(C)(C)C. The fourth-order valence-corrected chi connectivity index (χ4v) is 0.348. The highest BCUT2D eigenvalue weighted by Crippen LogP contribution is 2.06. The quantitative estimate of drug-likeness (QED) is 0.519. The number of allylic oxidation sites excluding steroid dienone is 1. The first kappa shape index (κ1) is 8.54. The molecule has 0 heterocycles. The lowest BCUT2D eigenvalue weighted by Gasteiger charge is -2.17. The van der Waals surface area contributed by atoms with Gasteiger partial charge >= 0.3 is 0 Å². The lowest BCUT2D eigenvalue weighted by Crippen LogP contribution is -2.15. The summed E-state index contributed by atoms with van der Waals surface area (Å²) >= 11 is 0. The van der Waals surface area contributed by atoms with Gasteiger partial charge in [0.25, 0.3) is 0 Å². The molecule has 9 heavy (non-hydrogen) atoms. The average molecular weight is 128 g/mol. The summed E-state index contributed by atoms with van der Waals surface area (Å²) < 4.78 is 5.29. The lowest BCUT2D eigenvalue weighted by molar-refractivity contribution is 0.0762. The van der Waals surface area contributed by atoms with E-state index in [-0.39, 0.29) is 5.60 Å². The van der Waals surface area contributed by atoms with Crippen molar-refractivity contribution in [2.24, 2.45) is 0 Å². The molecule has 1 nitrogen and oxygen atoms in total. The van der Waals surface area contributed by atoms with Crippen LogP contribution in [-0.4, -0.2) is 5.60 Å². The molecule has 1 heteroatoms. The van der Waals surface area contributed by atoms with E-state index in [2.05, 4.69) is 6.92 Å². The highest BCUT2D eigenvalue weighted by molar-refractivity contribution is 4.74. The van der Waals surface area contributed by atoms with Gasteiger partial charge in [0.15, 0.2) is 0 Å². The maximum Gasteiger partial charge on any atom is 0.0998 e. The van der Waals surface area contributed by atoms with Gasteiger partial charge in [0.2, 0.25) is 0 Å². The zero-order chi connectivity index (χ0) is 7.33. The van der Waals surface area contributed by atoms with Crippen molar-refractivity contribution in [1.82, 2.24) is 0 Å². The van der Waals surface area contributed by atoms with Gasteiger partial charge in [0.05, 0.1) is 11.9 Å². The Labute approximate surface area is 57.7 Å². The van der Waals surface area contributed by atoms with E-state index in [1.807, 2.05) is 26.8 Å². The highest BCUT2D eigenvalue weighted by atomic mass is 16.5. The number of hydrogen-bond acceptors (Lipinski definition) is 1. The molecule has 0 spiro atoms. The summed E-state index contributed by atoms with van der Waals surface area (Å²) in [6, 6.07) is 0. The Kier molecular flexibility index (Phi) is 3.36. The molecule has 0 fully saturated rings. The zero-order valence-electron chi connectivity index (χ0n) is 6.77. The van der Waals surface area contributed by atoms with Crippen LogP contribution in [0.5, 0.6) is 0 Å². The van der Waals surface area contributed by atoms with E-state index in [4.69, 9.17) is 4.74 Å². The van der Waals surface area contributed by atoms with E-state index in [0.29, 0.717) is 0 Å². The van der Waals surface area contributed by atoms with Crippen LogP contribution in [0.4, 0.5) is 0 Å². The lowest BCUT2D eigenvalue weighted by atomic mass is 10.2. The van der Waals surface area contributed by atoms with Gasteiger partial charge in [-0.05, 0) is 27.2 Å². The third-order valence-corrected chi connectivity index (χ3v) is 0.754. The minimum absolute atomic E-state index is 0.0360. The van der Waals surface area contributed by atoms with Crippen LogP contribution < -0.4 is 0 Å². The number of rotatable bonds is 2. The Bertz CT molecular complexity index is 87.2. The second kappa shape index (κ2) is 3.54. The molecule has 0 saturated heterocycles. The molecule has 0 aliphatic carbocycles. The zero-order valence-corrected chi connectivity index (χ0v) is 6.77. The van der Waals surface area contributed by atoms with Crippen LogP contribution >= 0.6 is 0 Å². The summed E-state index contributed by atoms with van der Waals surface area (Å²) in [6.45, 7) is 8.19. The standard InChI is InChI=1S/C8H16O/c1-5-6-7-9-8(2,3)4/h6-7H,5H2,1-4H3/b7-6+. The molecule has 54 valence electrons. The normalized spacial score (nSPS) is 12.4. The van der Waals surface area contributed by atoms with Crippen LogP contribution in [0, 0.1) is 0 Å². The molecule has 0 aromatic rings. The van der Waals surface area contributed by atoms with E-state index in [1.54, 1.807) is 6.26 Å². The van der Waals surface area contributed by atoms with Crippen molar-refractivity contribution in [3.05, 3.63) is 12.3 Å². The minimum Gasteiger partial charge on any atom is -0.496 e. The average Bonchev–Trinajstić information content (AvgIpc) is 1.63. The van der Waals surface area contributed by atoms with Gasteiger partial charge in [-0.3, -0.25) is 0 Å². The molecule has 0 unspecified atom stereocenters. The summed E-state index contributed by atoms with van der Waals surface area (Å²) in [5, 5.41) is 0. The third-order valence-electron chi connectivity index (χ3n) is 0.754. The molecule has 0 atom stereocenters. The fraction of sp³-hybridized carbons (Fsp3) is 0.750.